The van der Waals surface area contributed by atoms with Gasteiger partial charge in [0.1, 0.15) is 0 Å². The first-order chi connectivity index (χ1) is 11.2. The molecule has 0 saturated carbocycles. The van der Waals surface area contributed by atoms with E-state index in [1.165, 1.54) is 0 Å². The molecule has 0 heterocycles. The monoisotopic (exact) mass is 415 g/mol. The van der Waals surface area contributed by atoms with Gasteiger partial charge in [-0.05, 0) is 46.1 Å². The molecule has 0 saturated heterocycles. The van der Waals surface area contributed by atoms with Gasteiger partial charge in [0.05, 0.1) is 24.3 Å². The van der Waals surface area contributed by atoms with Crippen LogP contribution in [-0.2, 0) is 6.54 Å². The highest BCUT2D eigenvalue weighted by molar-refractivity contribution is 9.10. The Kier molecular flexibility index (Phi) is 9.14. The molecule has 2 aromatic carbocycles. The van der Waals surface area contributed by atoms with Crippen LogP contribution in [0.1, 0.15) is 24.2 Å². The van der Waals surface area contributed by atoms with Gasteiger partial charge in [0.2, 0.25) is 0 Å². The average Bonchev–Trinajstić information content (AvgIpc) is 2.56. The van der Waals surface area contributed by atoms with Crippen molar-refractivity contribution >= 4 is 28.3 Å². The van der Waals surface area contributed by atoms with Crippen LogP contribution in [-0.4, -0.2) is 25.4 Å². The maximum absolute atomic E-state index is 10.2. The van der Waals surface area contributed by atoms with Crippen molar-refractivity contribution in [2.45, 2.75) is 19.6 Å². The summed E-state index contributed by atoms with van der Waals surface area (Å²) in [7, 11) is 1.62. The topological polar surface area (TPSA) is 50.7 Å². The molecule has 1 atom stereocenters. The Labute approximate surface area is 157 Å². The quantitative estimate of drug-likeness (QED) is 0.680. The van der Waals surface area contributed by atoms with E-state index in [-0.39, 0.29) is 12.4 Å². The summed E-state index contributed by atoms with van der Waals surface area (Å²) in [5.41, 5.74) is 1.97. The normalized spacial score (nSPS) is 11.5. The molecule has 0 fully saturated rings. The molecule has 2 rings (SSSR count). The minimum atomic E-state index is -0.524. The largest absolute Gasteiger partial charge is 0.492 e. The Bertz CT molecular complexity index is 625. The lowest BCUT2D eigenvalue weighted by molar-refractivity contribution is 0.174. The first-order valence-electron chi connectivity index (χ1n) is 7.58. The zero-order valence-electron chi connectivity index (χ0n) is 13.8. The number of hydrogen-bond donors (Lipinski definition) is 2. The van der Waals surface area contributed by atoms with Gasteiger partial charge in [0.15, 0.2) is 11.5 Å². The van der Waals surface area contributed by atoms with Crippen molar-refractivity contribution < 1.29 is 14.6 Å². The predicted molar refractivity (Wildman–Crippen MR) is 102 cm³/mol. The van der Waals surface area contributed by atoms with Crippen molar-refractivity contribution in [1.82, 2.24) is 5.32 Å². The molecule has 0 bridgehead atoms. The van der Waals surface area contributed by atoms with Crippen LogP contribution in [0.5, 0.6) is 11.5 Å². The molecule has 0 aromatic heterocycles. The number of methoxy groups -OCH3 is 1. The molecule has 0 radical (unpaired) electrons. The Balaban J connectivity index is 0.00000288. The summed E-state index contributed by atoms with van der Waals surface area (Å²) >= 11 is 3.50. The van der Waals surface area contributed by atoms with E-state index in [0.717, 1.165) is 15.6 Å². The number of hydrogen-bond acceptors (Lipinski definition) is 4. The second-order valence-corrected chi connectivity index (χ2v) is 5.95. The van der Waals surface area contributed by atoms with Gasteiger partial charge in [0.25, 0.3) is 0 Å². The summed E-state index contributed by atoms with van der Waals surface area (Å²) in [5, 5.41) is 13.4. The molecule has 0 aliphatic heterocycles. The van der Waals surface area contributed by atoms with Gasteiger partial charge in [-0.1, -0.05) is 30.3 Å². The second kappa shape index (κ2) is 10.6. The summed E-state index contributed by atoms with van der Waals surface area (Å²) in [4.78, 5) is 0. The summed E-state index contributed by atoms with van der Waals surface area (Å²) in [6, 6.07) is 13.6. The molecular formula is C18H23BrClNO3. The van der Waals surface area contributed by atoms with Gasteiger partial charge in [-0.3, -0.25) is 0 Å². The van der Waals surface area contributed by atoms with Gasteiger partial charge in [0, 0.05) is 13.1 Å². The van der Waals surface area contributed by atoms with Crippen LogP contribution < -0.4 is 14.8 Å². The van der Waals surface area contributed by atoms with Gasteiger partial charge >= 0.3 is 0 Å². The van der Waals surface area contributed by atoms with Crippen LogP contribution in [0.2, 0.25) is 0 Å². The fourth-order valence-corrected chi connectivity index (χ4v) is 2.98. The first-order valence-corrected chi connectivity index (χ1v) is 8.38. The Morgan fingerprint density at radius 2 is 1.92 bits per heavy atom. The van der Waals surface area contributed by atoms with Crippen LogP contribution in [0.3, 0.4) is 0 Å². The van der Waals surface area contributed by atoms with Crippen molar-refractivity contribution in [3.8, 4) is 11.5 Å². The summed E-state index contributed by atoms with van der Waals surface area (Å²) in [5.74, 6) is 1.41. The number of benzene rings is 2. The minimum absolute atomic E-state index is 0. The molecule has 0 aliphatic rings. The molecule has 0 spiro atoms. The number of nitrogens with one attached hydrogen (secondary N) is 1. The molecule has 0 amide bonds. The third kappa shape index (κ3) is 5.67. The van der Waals surface area contributed by atoms with Gasteiger partial charge < -0.3 is 19.9 Å². The van der Waals surface area contributed by atoms with Crippen LogP contribution in [0.15, 0.2) is 46.9 Å². The highest BCUT2D eigenvalue weighted by Gasteiger charge is 2.12. The fourth-order valence-electron chi connectivity index (χ4n) is 2.33. The summed E-state index contributed by atoms with van der Waals surface area (Å²) in [6.07, 6.45) is -0.524. The van der Waals surface area contributed by atoms with Crippen LogP contribution in [0.4, 0.5) is 0 Å². The minimum Gasteiger partial charge on any atom is -0.492 e. The van der Waals surface area contributed by atoms with Crippen LogP contribution in [0, 0.1) is 0 Å². The average molecular weight is 417 g/mol. The van der Waals surface area contributed by atoms with Crippen molar-refractivity contribution in [2.24, 2.45) is 0 Å². The lowest BCUT2D eigenvalue weighted by Gasteiger charge is -2.15. The Morgan fingerprint density at radius 1 is 1.21 bits per heavy atom. The van der Waals surface area contributed by atoms with E-state index < -0.39 is 6.10 Å². The van der Waals surface area contributed by atoms with Crippen LogP contribution in [0.25, 0.3) is 0 Å². The maximum atomic E-state index is 10.2. The number of aliphatic hydroxyl groups is 1. The highest BCUT2D eigenvalue weighted by Crippen LogP contribution is 2.36. The molecule has 132 valence electrons. The Hall–Kier alpha value is -1.27. The van der Waals surface area contributed by atoms with E-state index >= 15 is 0 Å². The molecule has 24 heavy (non-hydrogen) atoms. The molecular weight excluding hydrogens is 394 g/mol. The SMILES string of the molecule is CCOc1cc(CNCC(O)c2ccccc2)cc(Br)c1OC.Cl. The van der Waals surface area contributed by atoms with Crippen LogP contribution >= 0.6 is 28.3 Å². The highest BCUT2D eigenvalue weighted by atomic mass is 79.9. The number of halogens is 2. The summed E-state index contributed by atoms with van der Waals surface area (Å²) < 4.78 is 11.8. The summed E-state index contributed by atoms with van der Waals surface area (Å²) in [6.45, 7) is 3.63. The Morgan fingerprint density at radius 3 is 2.54 bits per heavy atom. The molecule has 6 heteroatoms. The zero-order valence-corrected chi connectivity index (χ0v) is 16.2. The van der Waals surface area contributed by atoms with Crippen molar-refractivity contribution in [1.29, 1.82) is 0 Å². The van der Waals surface area contributed by atoms with Gasteiger partial charge in [-0.2, -0.15) is 0 Å². The maximum Gasteiger partial charge on any atom is 0.174 e. The zero-order chi connectivity index (χ0) is 16.7. The van der Waals surface area contributed by atoms with E-state index in [9.17, 15) is 5.11 Å². The standard InChI is InChI=1S/C18H22BrNO3.ClH/c1-3-23-17-10-13(9-15(19)18(17)22-2)11-20-12-16(21)14-7-5-4-6-8-14;/h4-10,16,20-21H,3,11-12H2,1-2H3;1H. The third-order valence-corrected chi connectivity index (χ3v) is 4.01. The number of rotatable bonds is 8. The van der Waals surface area contributed by atoms with E-state index in [4.69, 9.17) is 9.47 Å². The van der Waals surface area contributed by atoms with Crippen molar-refractivity contribution in [2.75, 3.05) is 20.3 Å². The van der Waals surface area contributed by atoms with Gasteiger partial charge in [-0.15, -0.1) is 12.4 Å². The smallest absolute Gasteiger partial charge is 0.174 e. The second-order valence-electron chi connectivity index (χ2n) is 5.10. The number of aliphatic hydroxyl groups excluding tert-OH is 1. The lowest BCUT2D eigenvalue weighted by atomic mass is 10.1. The van der Waals surface area contributed by atoms with Gasteiger partial charge in [-0.25, -0.2) is 0 Å². The number of ether oxygens (including phenoxy) is 2. The van der Waals surface area contributed by atoms with Crippen molar-refractivity contribution in [3.63, 3.8) is 0 Å². The van der Waals surface area contributed by atoms with E-state index in [1.807, 2.05) is 49.4 Å². The molecule has 2 aromatic rings. The predicted octanol–water partition coefficient (Wildman–Crippen LogP) is 4.10. The molecule has 0 aliphatic carbocycles. The van der Waals surface area contributed by atoms with E-state index in [1.54, 1.807) is 7.11 Å². The molecule has 4 nitrogen and oxygen atoms in total. The lowest BCUT2D eigenvalue weighted by Crippen LogP contribution is -2.21. The first kappa shape index (κ1) is 20.8. The van der Waals surface area contributed by atoms with E-state index in [0.29, 0.717) is 31.2 Å². The molecule has 1 unspecified atom stereocenters. The third-order valence-electron chi connectivity index (χ3n) is 3.42. The van der Waals surface area contributed by atoms with E-state index in [2.05, 4.69) is 21.2 Å². The van der Waals surface area contributed by atoms with Crippen molar-refractivity contribution in [3.05, 3.63) is 58.1 Å². The molecule has 2 N–H and O–H groups in total. The fraction of sp³-hybridized carbons (Fsp3) is 0.333.